The van der Waals surface area contributed by atoms with Crippen LogP contribution in [0.15, 0.2) is 30.3 Å². The van der Waals surface area contributed by atoms with Crippen LogP contribution in [0.4, 0.5) is 4.79 Å². The van der Waals surface area contributed by atoms with E-state index in [1.54, 1.807) is 4.90 Å². The van der Waals surface area contributed by atoms with Crippen LogP contribution in [-0.4, -0.2) is 39.2 Å². The van der Waals surface area contributed by atoms with Crippen molar-refractivity contribution < 1.29 is 4.79 Å². The van der Waals surface area contributed by atoms with Crippen LogP contribution in [0.2, 0.25) is 0 Å². The van der Waals surface area contributed by atoms with Gasteiger partial charge < -0.3 is 10.6 Å². The van der Waals surface area contributed by atoms with Crippen LogP contribution in [0.3, 0.4) is 0 Å². The lowest BCUT2D eigenvalue weighted by atomic mass is 9.98. The number of urea groups is 1. The maximum absolute atomic E-state index is 11.3. The summed E-state index contributed by atoms with van der Waals surface area (Å²) in [7, 11) is 0. The first-order valence-electron chi connectivity index (χ1n) is 6.76. The van der Waals surface area contributed by atoms with Crippen LogP contribution < -0.4 is 5.73 Å². The van der Waals surface area contributed by atoms with Gasteiger partial charge in [0.1, 0.15) is 5.82 Å². The Hall–Kier alpha value is -2.37. The third-order valence-electron chi connectivity index (χ3n) is 3.65. The molecule has 0 radical (unpaired) electrons. The van der Waals surface area contributed by atoms with Crippen molar-refractivity contribution in [3.63, 3.8) is 0 Å². The average molecular weight is 271 g/mol. The van der Waals surface area contributed by atoms with Crippen molar-refractivity contribution in [2.45, 2.75) is 18.8 Å². The average Bonchev–Trinajstić information content (AvgIpc) is 2.98. The summed E-state index contributed by atoms with van der Waals surface area (Å²) in [5.74, 6) is 1.70. The number of carbonyl (C=O) groups excluding carboxylic acids is 1. The minimum Gasteiger partial charge on any atom is -0.351 e. The lowest BCUT2D eigenvalue weighted by Gasteiger charge is -2.30. The number of piperidine rings is 1. The predicted octanol–water partition coefficient (Wildman–Crippen LogP) is 1.73. The van der Waals surface area contributed by atoms with Crippen LogP contribution in [0.5, 0.6) is 0 Å². The number of nitrogens with one attached hydrogen (secondary N) is 1. The summed E-state index contributed by atoms with van der Waals surface area (Å²) in [5.41, 5.74) is 6.33. The standard InChI is InChI=1S/C14H17N5O/c15-14(20)19-8-4-7-11(9-19)13-16-12(17-18-13)10-5-2-1-3-6-10/h1-3,5-6,11H,4,7-9H2,(H2,15,20)(H,16,17,18). The SMILES string of the molecule is NC(=O)N1CCCC(c2nc(-c3ccccc3)n[nH]2)C1. The third kappa shape index (κ3) is 2.49. The van der Waals surface area contributed by atoms with Gasteiger partial charge >= 0.3 is 6.03 Å². The Bertz CT molecular complexity index is 595. The fraction of sp³-hybridized carbons (Fsp3) is 0.357. The summed E-state index contributed by atoms with van der Waals surface area (Å²) in [5, 5.41) is 7.25. The third-order valence-corrected chi connectivity index (χ3v) is 3.65. The molecule has 0 spiro atoms. The number of aromatic amines is 1. The minimum atomic E-state index is -0.363. The molecule has 2 aromatic rings. The second-order valence-corrected chi connectivity index (χ2v) is 5.03. The van der Waals surface area contributed by atoms with Crippen molar-refractivity contribution in [1.29, 1.82) is 0 Å². The Morgan fingerprint density at radius 2 is 2.15 bits per heavy atom. The van der Waals surface area contributed by atoms with Crippen molar-refractivity contribution >= 4 is 6.03 Å². The molecule has 1 saturated heterocycles. The van der Waals surface area contributed by atoms with Crippen molar-refractivity contribution in [2.75, 3.05) is 13.1 Å². The molecule has 1 aromatic carbocycles. The van der Waals surface area contributed by atoms with Crippen LogP contribution >= 0.6 is 0 Å². The quantitative estimate of drug-likeness (QED) is 0.871. The first kappa shape index (κ1) is 12.7. The molecular formula is C14H17N5O. The molecule has 3 rings (SSSR count). The molecule has 3 N–H and O–H groups in total. The van der Waals surface area contributed by atoms with Crippen molar-refractivity contribution in [1.82, 2.24) is 20.1 Å². The highest BCUT2D eigenvalue weighted by Gasteiger charge is 2.25. The largest absolute Gasteiger partial charge is 0.351 e. The number of aromatic nitrogens is 3. The highest BCUT2D eigenvalue weighted by Crippen LogP contribution is 2.25. The van der Waals surface area contributed by atoms with E-state index in [0.717, 1.165) is 30.8 Å². The highest BCUT2D eigenvalue weighted by atomic mass is 16.2. The van der Waals surface area contributed by atoms with E-state index in [0.29, 0.717) is 12.4 Å². The summed E-state index contributed by atoms with van der Waals surface area (Å²) < 4.78 is 0. The number of H-pyrrole nitrogens is 1. The summed E-state index contributed by atoms with van der Waals surface area (Å²) in [6.45, 7) is 1.34. The molecule has 1 unspecified atom stereocenters. The molecule has 0 saturated carbocycles. The summed E-state index contributed by atoms with van der Waals surface area (Å²) >= 11 is 0. The fourth-order valence-electron chi connectivity index (χ4n) is 2.57. The van der Waals surface area contributed by atoms with E-state index < -0.39 is 0 Å². The molecule has 0 bridgehead atoms. The molecule has 1 atom stereocenters. The summed E-state index contributed by atoms with van der Waals surface area (Å²) in [6.07, 6.45) is 1.93. The van der Waals surface area contributed by atoms with Gasteiger partial charge in [0.05, 0.1) is 0 Å². The van der Waals surface area contributed by atoms with E-state index in [1.807, 2.05) is 30.3 Å². The Labute approximate surface area is 117 Å². The topological polar surface area (TPSA) is 87.9 Å². The Morgan fingerprint density at radius 3 is 2.90 bits per heavy atom. The van der Waals surface area contributed by atoms with E-state index >= 15 is 0 Å². The number of primary amides is 1. The van der Waals surface area contributed by atoms with Gasteiger partial charge in [-0.1, -0.05) is 30.3 Å². The fourth-order valence-corrected chi connectivity index (χ4v) is 2.57. The Morgan fingerprint density at radius 1 is 1.35 bits per heavy atom. The molecule has 20 heavy (non-hydrogen) atoms. The van der Waals surface area contributed by atoms with Gasteiger partial charge in [0.15, 0.2) is 5.82 Å². The lowest BCUT2D eigenvalue weighted by Crippen LogP contribution is -2.42. The molecule has 1 aromatic heterocycles. The van der Waals surface area contributed by atoms with E-state index in [9.17, 15) is 4.79 Å². The number of amides is 2. The van der Waals surface area contributed by atoms with Gasteiger partial charge in [-0.3, -0.25) is 5.10 Å². The van der Waals surface area contributed by atoms with E-state index in [-0.39, 0.29) is 11.9 Å². The molecular weight excluding hydrogens is 254 g/mol. The predicted molar refractivity (Wildman–Crippen MR) is 75.0 cm³/mol. The second kappa shape index (κ2) is 5.32. The molecule has 2 amide bonds. The molecule has 2 heterocycles. The number of hydrogen-bond donors (Lipinski definition) is 2. The van der Waals surface area contributed by atoms with Crippen LogP contribution in [0.1, 0.15) is 24.6 Å². The van der Waals surface area contributed by atoms with Crippen LogP contribution in [-0.2, 0) is 0 Å². The molecule has 104 valence electrons. The highest BCUT2D eigenvalue weighted by molar-refractivity contribution is 5.72. The van der Waals surface area contributed by atoms with Crippen LogP contribution in [0.25, 0.3) is 11.4 Å². The Balaban J connectivity index is 1.78. The smallest absolute Gasteiger partial charge is 0.314 e. The first-order chi connectivity index (χ1) is 9.74. The maximum Gasteiger partial charge on any atom is 0.314 e. The zero-order valence-electron chi connectivity index (χ0n) is 11.1. The number of rotatable bonds is 2. The maximum atomic E-state index is 11.3. The molecule has 1 aliphatic heterocycles. The molecule has 1 fully saturated rings. The van der Waals surface area contributed by atoms with Crippen molar-refractivity contribution in [2.24, 2.45) is 5.73 Å². The summed E-state index contributed by atoms with van der Waals surface area (Å²) in [4.78, 5) is 17.5. The van der Waals surface area contributed by atoms with Crippen molar-refractivity contribution in [3.8, 4) is 11.4 Å². The number of hydrogen-bond acceptors (Lipinski definition) is 3. The molecule has 6 nitrogen and oxygen atoms in total. The van der Waals surface area contributed by atoms with E-state index in [4.69, 9.17) is 5.73 Å². The second-order valence-electron chi connectivity index (χ2n) is 5.03. The molecule has 6 heteroatoms. The Kier molecular flexibility index (Phi) is 3.37. The zero-order valence-corrected chi connectivity index (χ0v) is 11.1. The van der Waals surface area contributed by atoms with Gasteiger partial charge in [-0.15, -0.1) is 0 Å². The van der Waals surface area contributed by atoms with Gasteiger partial charge in [0.25, 0.3) is 0 Å². The summed E-state index contributed by atoms with van der Waals surface area (Å²) in [6, 6.07) is 9.47. The first-order valence-corrected chi connectivity index (χ1v) is 6.76. The van der Waals surface area contributed by atoms with Gasteiger partial charge in [-0.05, 0) is 12.8 Å². The van der Waals surface area contributed by atoms with Gasteiger partial charge in [-0.2, -0.15) is 5.10 Å². The molecule has 1 aliphatic rings. The normalized spacial score (nSPS) is 19.0. The monoisotopic (exact) mass is 271 g/mol. The molecule has 0 aliphatic carbocycles. The van der Waals surface area contributed by atoms with Gasteiger partial charge in [-0.25, -0.2) is 9.78 Å². The van der Waals surface area contributed by atoms with E-state index in [1.165, 1.54) is 0 Å². The van der Waals surface area contributed by atoms with Crippen LogP contribution in [0, 0.1) is 0 Å². The number of likely N-dealkylation sites (tertiary alicyclic amines) is 1. The van der Waals surface area contributed by atoms with Crippen molar-refractivity contribution in [3.05, 3.63) is 36.2 Å². The van der Waals surface area contributed by atoms with Gasteiger partial charge in [0, 0.05) is 24.6 Å². The minimum absolute atomic E-state index is 0.182. The lowest BCUT2D eigenvalue weighted by molar-refractivity contribution is 0.187. The number of nitrogens with two attached hydrogens (primary N) is 1. The number of carbonyl (C=O) groups is 1. The zero-order chi connectivity index (χ0) is 13.9. The number of nitrogens with zero attached hydrogens (tertiary/aromatic N) is 3. The van der Waals surface area contributed by atoms with Gasteiger partial charge in [0.2, 0.25) is 0 Å². The number of benzene rings is 1. The van der Waals surface area contributed by atoms with E-state index in [2.05, 4.69) is 15.2 Å².